The van der Waals surface area contributed by atoms with Gasteiger partial charge in [-0.3, -0.25) is 4.98 Å². The number of aliphatic hydroxyl groups is 1. The molecule has 0 aliphatic heterocycles. The molecule has 3 aromatic rings. The molecule has 45 heavy (non-hydrogen) atoms. The van der Waals surface area contributed by atoms with E-state index in [1.807, 2.05) is 29.0 Å². The van der Waals surface area contributed by atoms with Crippen LogP contribution in [0.2, 0.25) is 51.4 Å². The molecule has 1 N–H and O–H groups in total. The quantitative estimate of drug-likeness (QED) is 0.102. The largest absolute Gasteiger partial charge is 0.384 e. The smallest absolute Gasteiger partial charge is 0.165 e. The zero-order valence-corrected chi connectivity index (χ0v) is 32.3. The summed E-state index contributed by atoms with van der Waals surface area (Å²) in [6.07, 6.45) is 10.1. The first kappa shape index (κ1) is 34.7. The number of rotatable bonds is 14. The summed E-state index contributed by atoms with van der Waals surface area (Å²) < 4.78 is 15.7. The van der Waals surface area contributed by atoms with Crippen LogP contribution in [-0.4, -0.2) is 67.5 Å². The van der Waals surface area contributed by atoms with Crippen molar-refractivity contribution in [1.82, 2.24) is 19.6 Å². The first-order valence-corrected chi connectivity index (χ1v) is 25.0. The van der Waals surface area contributed by atoms with Crippen molar-refractivity contribution in [3.05, 3.63) is 40.4 Å². The summed E-state index contributed by atoms with van der Waals surface area (Å²) in [7, 11) is -2.47. The maximum absolute atomic E-state index is 10.5. The van der Waals surface area contributed by atoms with Gasteiger partial charge in [-0.05, 0) is 79.0 Å². The van der Waals surface area contributed by atoms with Crippen LogP contribution in [0.1, 0.15) is 63.3 Å². The lowest BCUT2D eigenvalue weighted by Crippen LogP contribution is -2.34. The summed E-state index contributed by atoms with van der Waals surface area (Å²) >= 11 is 4.07. The van der Waals surface area contributed by atoms with Crippen molar-refractivity contribution in [3.63, 3.8) is 0 Å². The van der Waals surface area contributed by atoms with E-state index in [1.54, 1.807) is 13.8 Å². The molecule has 0 spiro atoms. The van der Waals surface area contributed by atoms with Gasteiger partial charge in [-0.2, -0.15) is 9.61 Å². The third kappa shape index (κ3) is 8.84. The minimum absolute atomic E-state index is 0.398. The first-order chi connectivity index (χ1) is 21.1. The van der Waals surface area contributed by atoms with Crippen molar-refractivity contribution in [3.8, 4) is 11.1 Å². The molecule has 8 nitrogen and oxygen atoms in total. The van der Waals surface area contributed by atoms with Gasteiger partial charge in [0.15, 0.2) is 11.5 Å². The van der Waals surface area contributed by atoms with Gasteiger partial charge in [0, 0.05) is 52.6 Å². The molecule has 3 heterocycles. The highest BCUT2D eigenvalue weighted by Crippen LogP contribution is 2.50. The van der Waals surface area contributed by atoms with Gasteiger partial charge in [-0.1, -0.05) is 58.2 Å². The second-order valence-corrected chi connectivity index (χ2v) is 28.4. The summed E-state index contributed by atoms with van der Waals surface area (Å²) in [4.78, 5) is 12.2. The SMILES string of the molecule is CC(C)(O)c1ccc(-c2cnn3c(N(COCC[Si](C)(C)C)COCC[Si](C)(C)C)c(Br)c([C@H]4C[C@@H]5CC[C@@H](C5)C4)nc23)cn1. The van der Waals surface area contributed by atoms with Gasteiger partial charge in [0.05, 0.1) is 22.1 Å². The van der Waals surface area contributed by atoms with Crippen LogP contribution in [0.3, 0.4) is 0 Å². The fourth-order valence-electron chi connectivity index (χ4n) is 6.63. The topological polar surface area (TPSA) is 85.0 Å². The standard InChI is InChI=1S/C34H54BrN5O3Si2/c1-34(2,41)29-12-11-26(20-36-29)28-21-37-40-32(28)38-31(27-18-24-9-10-25(17-24)19-27)30(35)33(40)39(22-42-13-15-44(3,4)5)23-43-14-16-45(6,7)8/h11-12,20-21,24-25,27,41H,9-10,13-19,22-23H2,1-8H3/t24-,25+,27+. The molecule has 2 bridgehead atoms. The second kappa shape index (κ2) is 13.8. The van der Waals surface area contributed by atoms with Crippen LogP contribution in [0.4, 0.5) is 5.82 Å². The van der Waals surface area contributed by atoms with E-state index in [-0.39, 0.29) is 0 Å². The van der Waals surface area contributed by atoms with Gasteiger partial charge < -0.3 is 19.5 Å². The van der Waals surface area contributed by atoms with Crippen LogP contribution in [0.15, 0.2) is 29.0 Å². The minimum Gasteiger partial charge on any atom is -0.384 e. The Balaban J connectivity index is 1.56. The number of halogens is 1. The van der Waals surface area contributed by atoms with E-state index in [4.69, 9.17) is 19.6 Å². The molecule has 3 atom stereocenters. The second-order valence-electron chi connectivity index (χ2n) is 16.4. The number of hydrogen-bond donors (Lipinski definition) is 1. The Morgan fingerprint density at radius 3 is 2.04 bits per heavy atom. The Hall–Kier alpha value is -1.64. The average molecular weight is 717 g/mol. The van der Waals surface area contributed by atoms with Crippen molar-refractivity contribution in [2.45, 2.75) is 109 Å². The van der Waals surface area contributed by atoms with Gasteiger partial charge in [0.2, 0.25) is 0 Å². The third-order valence-corrected chi connectivity index (χ3v) is 13.5. The van der Waals surface area contributed by atoms with Gasteiger partial charge in [0.25, 0.3) is 0 Å². The Labute approximate surface area is 280 Å². The minimum atomic E-state index is -1.23. The fourth-order valence-corrected chi connectivity index (χ4v) is 8.98. The number of anilines is 1. The van der Waals surface area contributed by atoms with E-state index >= 15 is 0 Å². The molecule has 11 heteroatoms. The van der Waals surface area contributed by atoms with Crippen LogP contribution in [0.5, 0.6) is 0 Å². The molecule has 0 unspecified atom stereocenters. The predicted octanol–water partition coefficient (Wildman–Crippen LogP) is 8.51. The Morgan fingerprint density at radius 1 is 0.933 bits per heavy atom. The molecule has 2 aliphatic carbocycles. The lowest BCUT2D eigenvalue weighted by molar-refractivity contribution is 0.0739. The summed E-state index contributed by atoms with van der Waals surface area (Å²) in [5.74, 6) is 2.91. The third-order valence-electron chi connectivity index (χ3n) is 9.35. The van der Waals surface area contributed by atoms with Crippen molar-refractivity contribution < 1.29 is 14.6 Å². The molecule has 2 saturated carbocycles. The number of fused-ring (bicyclic) bond motifs is 3. The molecule has 0 saturated heterocycles. The summed E-state index contributed by atoms with van der Waals surface area (Å²) in [5, 5.41) is 15.4. The van der Waals surface area contributed by atoms with E-state index in [0.29, 0.717) is 25.1 Å². The first-order valence-electron chi connectivity index (χ1n) is 16.8. The summed E-state index contributed by atoms with van der Waals surface area (Å²) in [6.45, 7) is 20.1. The Kier molecular flexibility index (Phi) is 10.7. The lowest BCUT2D eigenvalue weighted by atomic mass is 9.79. The zero-order chi connectivity index (χ0) is 32.6. The molecular formula is C34H54BrN5O3Si2. The van der Waals surface area contributed by atoms with Crippen molar-refractivity contribution >= 4 is 43.5 Å². The zero-order valence-electron chi connectivity index (χ0n) is 28.7. The highest BCUT2D eigenvalue weighted by molar-refractivity contribution is 9.10. The highest BCUT2D eigenvalue weighted by Gasteiger charge is 2.37. The number of hydrogen-bond acceptors (Lipinski definition) is 7. The normalized spacial score (nSPS) is 20.7. The Bertz CT molecular complexity index is 1410. The van der Waals surface area contributed by atoms with E-state index in [9.17, 15) is 5.11 Å². The average Bonchev–Trinajstić information content (AvgIpc) is 3.52. The van der Waals surface area contributed by atoms with E-state index in [1.165, 1.54) is 32.1 Å². The van der Waals surface area contributed by atoms with Crippen LogP contribution >= 0.6 is 15.9 Å². The number of aromatic nitrogens is 4. The number of pyridine rings is 1. The number of nitrogens with zero attached hydrogens (tertiary/aromatic N) is 5. The molecule has 3 aromatic heterocycles. The van der Waals surface area contributed by atoms with Gasteiger partial charge in [-0.25, -0.2) is 4.98 Å². The van der Waals surface area contributed by atoms with Crippen molar-refractivity contribution in [2.75, 3.05) is 31.6 Å². The van der Waals surface area contributed by atoms with Gasteiger partial charge >= 0.3 is 0 Å². The molecule has 5 rings (SSSR count). The summed E-state index contributed by atoms with van der Waals surface area (Å²) in [6, 6.07) is 6.13. The highest BCUT2D eigenvalue weighted by atomic mass is 79.9. The molecule has 248 valence electrons. The van der Waals surface area contributed by atoms with Crippen molar-refractivity contribution in [2.24, 2.45) is 11.8 Å². The monoisotopic (exact) mass is 715 g/mol. The molecule has 2 aliphatic rings. The molecular weight excluding hydrogens is 662 g/mol. The van der Waals surface area contributed by atoms with Crippen LogP contribution < -0.4 is 4.90 Å². The fraction of sp³-hybridized carbons (Fsp3) is 0.676. The molecule has 0 radical (unpaired) electrons. The van der Waals surface area contributed by atoms with Gasteiger partial charge in [-0.15, -0.1) is 0 Å². The molecule has 2 fully saturated rings. The molecule has 0 aromatic carbocycles. The van der Waals surface area contributed by atoms with Crippen molar-refractivity contribution in [1.29, 1.82) is 0 Å². The number of ether oxygens (including phenoxy) is 2. The maximum atomic E-state index is 10.5. The van der Waals surface area contributed by atoms with E-state index in [0.717, 1.165) is 69.9 Å². The summed E-state index contributed by atoms with van der Waals surface area (Å²) in [5.41, 5.74) is 3.42. The van der Waals surface area contributed by atoms with Crippen LogP contribution in [0, 0.1) is 11.8 Å². The van der Waals surface area contributed by atoms with E-state index < -0.39 is 21.7 Å². The van der Waals surface area contributed by atoms with Gasteiger partial charge in [0.1, 0.15) is 19.1 Å². The molecule has 0 amide bonds. The Morgan fingerprint density at radius 2 is 1.53 bits per heavy atom. The predicted molar refractivity (Wildman–Crippen MR) is 192 cm³/mol. The maximum Gasteiger partial charge on any atom is 0.165 e. The van der Waals surface area contributed by atoms with Crippen LogP contribution in [-0.2, 0) is 15.1 Å². The van der Waals surface area contributed by atoms with E-state index in [2.05, 4.69) is 65.1 Å². The lowest BCUT2D eigenvalue weighted by Gasteiger charge is -2.31. The van der Waals surface area contributed by atoms with Crippen LogP contribution in [0.25, 0.3) is 16.8 Å².